The third-order valence-corrected chi connectivity index (χ3v) is 9.40. The Bertz CT molecular complexity index is 623. The fourth-order valence-electron chi connectivity index (χ4n) is 9.08. The summed E-state index contributed by atoms with van der Waals surface area (Å²) >= 11 is 0. The molecule has 0 saturated heterocycles. The predicted molar refractivity (Wildman–Crippen MR) is 97.4 cm³/mol. The Hall–Kier alpha value is -0.780. The molecule has 0 aliphatic heterocycles. The number of hydrogen-bond acceptors (Lipinski definition) is 0. The zero-order valence-corrected chi connectivity index (χ0v) is 14.9. The van der Waals surface area contributed by atoms with E-state index in [-0.39, 0.29) is 0 Å². The van der Waals surface area contributed by atoms with Crippen molar-refractivity contribution in [1.29, 1.82) is 0 Å². The van der Waals surface area contributed by atoms with Crippen LogP contribution in [0.3, 0.4) is 0 Å². The van der Waals surface area contributed by atoms with Gasteiger partial charge in [-0.3, -0.25) is 0 Å². The van der Waals surface area contributed by atoms with Crippen molar-refractivity contribution >= 4 is 0 Å². The third-order valence-electron chi connectivity index (χ3n) is 9.40. The molecule has 1 saturated carbocycles. The molecule has 8 aliphatic carbocycles. The summed E-state index contributed by atoms with van der Waals surface area (Å²) in [7, 11) is 0. The summed E-state index contributed by atoms with van der Waals surface area (Å²) in [5.74, 6) is 5.97. The maximum atomic E-state index is 2.03. The van der Waals surface area contributed by atoms with Gasteiger partial charge in [0.05, 0.1) is 0 Å². The van der Waals surface area contributed by atoms with Crippen LogP contribution in [-0.4, -0.2) is 0 Å². The summed E-state index contributed by atoms with van der Waals surface area (Å²) in [5, 5.41) is 0. The number of rotatable bonds is 0. The van der Waals surface area contributed by atoms with Gasteiger partial charge in [-0.05, 0) is 113 Å². The van der Waals surface area contributed by atoms with Gasteiger partial charge in [0.15, 0.2) is 0 Å². The lowest BCUT2D eigenvalue weighted by atomic mass is 9.50. The van der Waals surface area contributed by atoms with Gasteiger partial charge in [0.1, 0.15) is 0 Å². The first-order valence-corrected chi connectivity index (χ1v) is 11.1. The van der Waals surface area contributed by atoms with Gasteiger partial charge in [0.25, 0.3) is 0 Å². The van der Waals surface area contributed by atoms with Gasteiger partial charge >= 0.3 is 0 Å². The Morgan fingerprint density at radius 3 is 0.625 bits per heavy atom. The SMILES string of the molecule is C1CCC2=C(C1)C1C3C4=C(CCCC4)C4C2C1C1=C(CCCC1)C34. The zero-order valence-electron chi connectivity index (χ0n) is 14.9. The van der Waals surface area contributed by atoms with Crippen molar-refractivity contribution in [2.24, 2.45) is 35.5 Å². The minimum absolute atomic E-state index is 0.994. The standard InChI is InChI=1S/C24H30/c1-2-8-14-13(7-1)19-21-15-9-3-4-10-16(15)22-20(14)23(19)17-11-5-6-12-18(17)24(21)22/h19-24H,1-12H2. The molecular weight excluding hydrogens is 288 g/mol. The van der Waals surface area contributed by atoms with Gasteiger partial charge in [0.2, 0.25) is 0 Å². The molecule has 6 bridgehead atoms. The molecule has 8 rings (SSSR count). The first-order valence-electron chi connectivity index (χ1n) is 11.1. The van der Waals surface area contributed by atoms with E-state index in [1.54, 1.807) is 0 Å². The van der Waals surface area contributed by atoms with E-state index >= 15 is 0 Å². The zero-order chi connectivity index (χ0) is 15.4. The average molecular weight is 319 g/mol. The number of allylic oxidation sites excluding steroid dienone is 6. The summed E-state index contributed by atoms with van der Waals surface area (Å²) in [4.78, 5) is 0. The Kier molecular flexibility index (Phi) is 2.51. The van der Waals surface area contributed by atoms with Crippen molar-refractivity contribution < 1.29 is 0 Å². The molecule has 0 atom stereocenters. The highest BCUT2D eigenvalue weighted by atomic mass is 14.7. The number of hydrogen-bond donors (Lipinski definition) is 0. The van der Waals surface area contributed by atoms with Crippen LogP contribution in [0.4, 0.5) is 0 Å². The summed E-state index contributed by atoms with van der Waals surface area (Å²) in [6, 6.07) is 0. The third kappa shape index (κ3) is 1.35. The predicted octanol–water partition coefficient (Wildman–Crippen LogP) is 6.35. The molecule has 0 radical (unpaired) electrons. The summed E-state index contributed by atoms with van der Waals surface area (Å²) in [6.07, 6.45) is 17.9. The van der Waals surface area contributed by atoms with E-state index in [1.165, 1.54) is 77.0 Å². The fourth-order valence-corrected chi connectivity index (χ4v) is 9.08. The van der Waals surface area contributed by atoms with E-state index in [0.717, 1.165) is 35.5 Å². The van der Waals surface area contributed by atoms with Crippen molar-refractivity contribution in [2.45, 2.75) is 77.0 Å². The quantitative estimate of drug-likeness (QED) is 0.456. The largest absolute Gasteiger partial charge is 0.0663 e. The smallest absolute Gasteiger partial charge is 0.00570 e. The first-order chi connectivity index (χ1) is 11.9. The summed E-state index contributed by atoms with van der Waals surface area (Å²) in [5.41, 5.74) is 12.2. The van der Waals surface area contributed by atoms with E-state index in [9.17, 15) is 0 Å². The Morgan fingerprint density at radius 2 is 0.458 bits per heavy atom. The second kappa shape index (κ2) is 4.49. The molecule has 24 heavy (non-hydrogen) atoms. The average Bonchev–Trinajstić information content (AvgIpc) is 3.09. The van der Waals surface area contributed by atoms with E-state index in [0.29, 0.717) is 0 Å². The molecule has 0 aromatic heterocycles. The van der Waals surface area contributed by atoms with Crippen molar-refractivity contribution in [3.8, 4) is 0 Å². The Morgan fingerprint density at radius 1 is 0.292 bits per heavy atom. The normalized spacial score (nSPS) is 48.0. The molecule has 0 N–H and O–H groups in total. The lowest BCUT2D eigenvalue weighted by Gasteiger charge is -2.54. The molecular formula is C24H30. The van der Waals surface area contributed by atoms with Crippen molar-refractivity contribution in [2.75, 3.05) is 0 Å². The van der Waals surface area contributed by atoms with Crippen LogP contribution in [-0.2, 0) is 0 Å². The highest BCUT2D eigenvalue weighted by molar-refractivity contribution is 5.54. The van der Waals surface area contributed by atoms with Crippen LogP contribution >= 0.6 is 0 Å². The van der Waals surface area contributed by atoms with Gasteiger partial charge in [-0.2, -0.15) is 0 Å². The van der Waals surface area contributed by atoms with Gasteiger partial charge < -0.3 is 0 Å². The topological polar surface area (TPSA) is 0 Å². The van der Waals surface area contributed by atoms with E-state index < -0.39 is 0 Å². The van der Waals surface area contributed by atoms with Crippen LogP contribution < -0.4 is 0 Å². The van der Waals surface area contributed by atoms with Gasteiger partial charge in [0, 0.05) is 0 Å². The molecule has 0 nitrogen and oxygen atoms in total. The molecule has 8 aliphatic rings. The molecule has 0 heteroatoms. The van der Waals surface area contributed by atoms with Crippen LogP contribution in [0.15, 0.2) is 33.4 Å². The van der Waals surface area contributed by atoms with Gasteiger partial charge in [-0.1, -0.05) is 33.4 Å². The molecule has 0 heterocycles. The minimum atomic E-state index is 0.994. The Labute approximate surface area is 146 Å². The van der Waals surface area contributed by atoms with Crippen LogP contribution in [0.5, 0.6) is 0 Å². The monoisotopic (exact) mass is 318 g/mol. The molecule has 126 valence electrons. The highest BCUT2D eigenvalue weighted by Gasteiger charge is 2.66. The first kappa shape index (κ1) is 13.4. The van der Waals surface area contributed by atoms with E-state index in [2.05, 4.69) is 0 Å². The highest BCUT2D eigenvalue weighted by Crippen LogP contribution is 2.75. The van der Waals surface area contributed by atoms with Crippen molar-refractivity contribution in [1.82, 2.24) is 0 Å². The molecule has 0 aromatic carbocycles. The minimum Gasteiger partial charge on any atom is -0.0663 e. The van der Waals surface area contributed by atoms with Gasteiger partial charge in [-0.25, -0.2) is 0 Å². The van der Waals surface area contributed by atoms with Crippen molar-refractivity contribution in [3.63, 3.8) is 0 Å². The molecule has 0 amide bonds. The maximum absolute atomic E-state index is 2.03. The van der Waals surface area contributed by atoms with Crippen LogP contribution in [0.1, 0.15) is 77.0 Å². The van der Waals surface area contributed by atoms with Crippen LogP contribution in [0.25, 0.3) is 0 Å². The summed E-state index contributed by atoms with van der Waals surface area (Å²) < 4.78 is 0. The van der Waals surface area contributed by atoms with Gasteiger partial charge in [-0.15, -0.1) is 0 Å². The molecule has 1 fully saturated rings. The fraction of sp³-hybridized carbons (Fsp3) is 0.750. The molecule has 0 aromatic rings. The summed E-state index contributed by atoms with van der Waals surface area (Å²) in [6.45, 7) is 0. The molecule has 0 unspecified atom stereocenters. The molecule has 0 spiro atoms. The lowest BCUT2D eigenvalue weighted by Crippen LogP contribution is -2.47. The van der Waals surface area contributed by atoms with Crippen molar-refractivity contribution in [3.05, 3.63) is 33.4 Å². The second-order valence-corrected chi connectivity index (χ2v) is 9.93. The van der Waals surface area contributed by atoms with E-state index in [4.69, 9.17) is 0 Å². The Balaban J connectivity index is 1.48. The maximum Gasteiger partial charge on any atom is -0.00570 e. The van der Waals surface area contributed by atoms with Crippen LogP contribution in [0.2, 0.25) is 0 Å². The lowest BCUT2D eigenvalue weighted by molar-refractivity contribution is 0.0926. The van der Waals surface area contributed by atoms with E-state index in [1.807, 2.05) is 33.4 Å². The second-order valence-electron chi connectivity index (χ2n) is 9.93. The van der Waals surface area contributed by atoms with Crippen LogP contribution in [0, 0.1) is 35.5 Å².